The van der Waals surface area contributed by atoms with Crippen LogP contribution in [-0.2, 0) is 0 Å². The van der Waals surface area contributed by atoms with Crippen LogP contribution < -0.4 is 0 Å². The van der Waals surface area contributed by atoms with E-state index in [1.165, 1.54) is 36.4 Å². The van der Waals surface area contributed by atoms with Crippen molar-refractivity contribution in [2.24, 2.45) is 0 Å². The average Bonchev–Trinajstić information content (AvgIpc) is 2.85. The summed E-state index contributed by atoms with van der Waals surface area (Å²) in [5.41, 5.74) is -1.58. The Labute approximate surface area is 189 Å². The van der Waals surface area contributed by atoms with Crippen LogP contribution in [0.15, 0.2) is 91.0 Å². The summed E-state index contributed by atoms with van der Waals surface area (Å²) in [5, 5.41) is 32.8. The van der Waals surface area contributed by atoms with Crippen LogP contribution >= 0.6 is 0 Å². The highest BCUT2D eigenvalue weighted by atomic mass is 16.3. The Morgan fingerprint density at radius 2 is 0.606 bits per heavy atom. The molecule has 0 spiro atoms. The van der Waals surface area contributed by atoms with E-state index >= 15 is 0 Å². The van der Waals surface area contributed by atoms with Gasteiger partial charge in [-0.05, 0) is 0 Å². The van der Waals surface area contributed by atoms with Crippen LogP contribution in [0.4, 0.5) is 0 Å². The molecule has 0 aromatic heterocycles. The highest BCUT2D eigenvalue weighted by Crippen LogP contribution is 2.44. The summed E-state index contributed by atoms with van der Waals surface area (Å²) < 4.78 is 0. The van der Waals surface area contributed by atoms with Gasteiger partial charge in [0.1, 0.15) is 33.9 Å². The van der Waals surface area contributed by atoms with Crippen LogP contribution in [-0.4, -0.2) is 32.7 Å². The topological polar surface area (TPSA) is 112 Å². The van der Waals surface area contributed by atoms with Gasteiger partial charge in [-0.2, -0.15) is 0 Å². The van der Waals surface area contributed by atoms with Crippen molar-refractivity contribution < 1.29 is 29.7 Å². The molecule has 0 atom stereocenters. The van der Waals surface area contributed by atoms with Gasteiger partial charge < -0.3 is 15.3 Å². The van der Waals surface area contributed by atoms with E-state index in [4.69, 9.17) is 0 Å². The van der Waals surface area contributed by atoms with Crippen molar-refractivity contribution in [3.63, 3.8) is 0 Å². The van der Waals surface area contributed by atoms with Crippen molar-refractivity contribution in [1.82, 2.24) is 0 Å². The van der Waals surface area contributed by atoms with E-state index in [-0.39, 0.29) is 16.7 Å². The fourth-order valence-electron chi connectivity index (χ4n) is 3.56. The summed E-state index contributed by atoms with van der Waals surface area (Å²) in [4.78, 5) is 39.6. The number of aromatic hydroxyl groups is 3. The van der Waals surface area contributed by atoms with Crippen molar-refractivity contribution in [2.75, 3.05) is 0 Å². The molecular weight excluding hydrogens is 420 g/mol. The molecule has 0 amide bonds. The maximum Gasteiger partial charge on any atom is 0.200 e. The molecule has 0 unspecified atom stereocenters. The normalized spacial score (nSPS) is 10.5. The number of carbonyl (C=O) groups is 3. The number of rotatable bonds is 6. The lowest BCUT2D eigenvalue weighted by atomic mass is 9.88. The van der Waals surface area contributed by atoms with Crippen LogP contribution in [0.2, 0.25) is 0 Å². The lowest BCUT2D eigenvalue weighted by molar-refractivity contribution is 0.102. The number of phenols is 3. The molecule has 4 aromatic carbocycles. The van der Waals surface area contributed by atoms with Crippen molar-refractivity contribution >= 4 is 17.3 Å². The molecule has 4 aromatic rings. The Kier molecular flexibility index (Phi) is 5.74. The largest absolute Gasteiger partial charge is 0.506 e. The van der Waals surface area contributed by atoms with Gasteiger partial charge >= 0.3 is 0 Å². The molecule has 33 heavy (non-hydrogen) atoms. The Hall–Kier alpha value is -4.71. The summed E-state index contributed by atoms with van der Waals surface area (Å²) in [6.45, 7) is 0. The second-order valence-corrected chi connectivity index (χ2v) is 7.26. The maximum absolute atomic E-state index is 13.2. The van der Waals surface area contributed by atoms with Gasteiger partial charge in [-0.1, -0.05) is 91.0 Å². The van der Waals surface area contributed by atoms with E-state index in [9.17, 15) is 29.7 Å². The number of benzene rings is 4. The molecule has 0 heterocycles. The Morgan fingerprint density at radius 3 is 0.818 bits per heavy atom. The maximum atomic E-state index is 13.2. The first-order valence-corrected chi connectivity index (χ1v) is 10.0. The predicted molar refractivity (Wildman–Crippen MR) is 121 cm³/mol. The van der Waals surface area contributed by atoms with Crippen LogP contribution in [0.3, 0.4) is 0 Å². The molecule has 162 valence electrons. The molecule has 0 aliphatic carbocycles. The van der Waals surface area contributed by atoms with Gasteiger partial charge in [0.25, 0.3) is 0 Å². The van der Waals surface area contributed by atoms with Gasteiger partial charge in [0.15, 0.2) is 0 Å². The molecule has 0 aliphatic heterocycles. The lowest BCUT2D eigenvalue weighted by Gasteiger charge is -2.17. The summed E-state index contributed by atoms with van der Waals surface area (Å²) in [6.07, 6.45) is 0. The fourth-order valence-corrected chi connectivity index (χ4v) is 3.56. The van der Waals surface area contributed by atoms with Crippen LogP contribution in [0, 0.1) is 0 Å². The van der Waals surface area contributed by atoms with Gasteiger partial charge in [0, 0.05) is 16.7 Å². The zero-order valence-electron chi connectivity index (χ0n) is 17.2. The van der Waals surface area contributed by atoms with Crippen molar-refractivity contribution in [3.05, 3.63) is 124 Å². The SMILES string of the molecule is O=C(c1ccccc1)c1c(O)c(C(=O)c2ccccc2)c(O)c(C(=O)c2ccccc2)c1O. The lowest BCUT2D eigenvalue weighted by Crippen LogP contribution is -2.13. The highest BCUT2D eigenvalue weighted by Gasteiger charge is 2.34. The zero-order valence-corrected chi connectivity index (χ0v) is 17.2. The quantitative estimate of drug-likeness (QED) is 0.382. The third-order valence-electron chi connectivity index (χ3n) is 5.21. The van der Waals surface area contributed by atoms with Crippen LogP contribution in [0.1, 0.15) is 47.8 Å². The molecule has 0 saturated carbocycles. The summed E-state index contributed by atoms with van der Waals surface area (Å²) in [7, 11) is 0. The van der Waals surface area contributed by atoms with Gasteiger partial charge in [-0.25, -0.2) is 0 Å². The molecule has 3 N–H and O–H groups in total. The molecule has 6 nitrogen and oxygen atoms in total. The Morgan fingerprint density at radius 1 is 0.394 bits per heavy atom. The van der Waals surface area contributed by atoms with Crippen molar-refractivity contribution in [2.45, 2.75) is 0 Å². The average molecular weight is 438 g/mol. The first-order chi connectivity index (χ1) is 15.9. The van der Waals surface area contributed by atoms with E-state index in [0.29, 0.717) is 0 Å². The summed E-state index contributed by atoms with van der Waals surface area (Å²) >= 11 is 0. The number of phenolic OH excluding ortho intramolecular Hbond substituents is 3. The minimum absolute atomic E-state index is 0.116. The molecular formula is C27H18O6. The minimum Gasteiger partial charge on any atom is -0.506 e. The third-order valence-corrected chi connectivity index (χ3v) is 5.21. The molecule has 0 saturated heterocycles. The van der Waals surface area contributed by atoms with E-state index in [1.807, 2.05) is 0 Å². The number of hydrogen-bond donors (Lipinski definition) is 3. The minimum atomic E-state index is -0.905. The Balaban J connectivity index is 2.02. The van der Waals surface area contributed by atoms with E-state index in [1.54, 1.807) is 54.6 Å². The summed E-state index contributed by atoms with van der Waals surface area (Å²) in [5.74, 6) is -5.15. The highest BCUT2D eigenvalue weighted by molar-refractivity contribution is 6.23. The first-order valence-electron chi connectivity index (χ1n) is 10.0. The second kappa shape index (κ2) is 8.80. The molecule has 0 radical (unpaired) electrons. The third kappa shape index (κ3) is 3.85. The number of ketones is 3. The first kappa shape index (κ1) is 21.5. The molecule has 4 rings (SSSR count). The van der Waals surface area contributed by atoms with Gasteiger partial charge in [0.05, 0.1) is 0 Å². The van der Waals surface area contributed by atoms with Crippen molar-refractivity contribution in [1.29, 1.82) is 0 Å². The second-order valence-electron chi connectivity index (χ2n) is 7.26. The standard InChI is InChI=1S/C27H18O6/c28-22(16-10-4-1-5-11-16)19-25(31)20(23(29)17-12-6-2-7-13-17)27(33)21(26(19)32)24(30)18-14-8-3-9-15-18/h1-15,31-33H. The van der Waals surface area contributed by atoms with Gasteiger partial charge in [0.2, 0.25) is 17.3 Å². The molecule has 0 bridgehead atoms. The molecule has 0 aliphatic rings. The van der Waals surface area contributed by atoms with Gasteiger partial charge in [-0.3, -0.25) is 14.4 Å². The van der Waals surface area contributed by atoms with E-state index in [0.717, 1.165) is 0 Å². The monoisotopic (exact) mass is 438 g/mol. The number of hydrogen-bond acceptors (Lipinski definition) is 6. The number of carbonyl (C=O) groups excluding carboxylic acids is 3. The smallest absolute Gasteiger partial charge is 0.200 e. The van der Waals surface area contributed by atoms with Crippen LogP contribution in [0.5, 0.6) is 17.2 Å². The predicted octanol–water partition coefficient (Wildman–Crippen LogP) is 4.50. The molecule has 0 fully saturated rings. The fraction of sp³-hybridized carbons (Fsp3) is 0. The van der Waals surface area contributed by atoms with Crippen molar-refractivity contribution in [3.8, 4) is 17.2 Å². The van der Waals surface area contributed by atoms with E-state index in [2.05, 4.69) is 0 Å². The molecule has 6 heteroatoms. The van der Waals surface area contributed by atoms with Crippen LogP contribution in [0.25, 0.3) is 0 Å². The van der Waals surface area contributed by atoms with E-state index < -0.39 is 51.3 Å². The van der Waals surface area contributed by atoms with Gasteiger partial charge in [-0.15, -0.1) is 0 Å². The zero-order chi connectivity index (χ0) is 23.5. The summed E-state index contributed by atoms with van der Waals surface area (Å²) in [6, 6.07) is 23.4. The Bertz CT molecular complexity index is 1170.